The number of rotatable bonds is 7. The van der Waals surface area contributed by atoms with Crippen LogP contribution in [-0.2, 0) is 6.42 Å². The minimum Gasteiger partial charge on any atom is -0.465 e. The molecule has 0 saturated carbocycles. The Balaban J connectivity index is 1.94. The van der Waals surface area contributed by atoms with Crippen molar-refractivity contribution in [2.45, 2.75) is 25.0 Å². The van der Waals surface area contributed by atoms with Crippen molar-refractivity contribution in [2.24, 2.45) is 0 Å². The van der Waals surface area contributed by atoms with E-state index < -0.39 is 18.2 Å². The van der Waals surface area contributed by atoms with Gasteiger partial charge >= 0.3 is 6.09 Å². The Bertz CT molecular complexity index is 626. The van der Waals surface area contributed by atoms with Gasteiger partial charge in [0.2, 0.25) is 0 Å². The second-order valence-electron chi connectivity index (χ2n) is 5.33. The number of carboxylic acid groups (broad SMARTS) is 1. The van der Waals surface area contributed by atoms with Gasteiger partial charge in [0.25, 0.3) is 0 Å². The number of carbonyl (C=O) groups is 1. The molecule has 0 aliphatic heterocycles. The fraction of sp³-hybridized carbons (Fsp3) is 0.211. The van der Waals surface area contributed by atoms with E-state index in [0.29, 0.717) is 6.42 Å². The van der Waals surface area contributed by atoms with Crippen LogP contribution in [0.2, 0.25) is 0 Å². The molecule has 0 heterocycles. The molecule has 0 aliphatic rings. The van der Waals surface area contributed by atoms with Gasteiger partial charge in [0, 0.05) is 6.42 Å². The zero-order valence-corrected chi connectivity index (χ0v) is 12.8. The summed E-state index contributed by atoms with van der Waals surface area (Å²) in [6, 6.07) is 18.8. The van der Waals surface area contributed by atoms with Crippen LogP contribution in [0.5, 0.6) is 0 Å². The molecular formula is C19H21NO3. The van der Waals surface area contributed by atoms with Gasteiger partial charge in [-0.1, -0.05) is 72.8 Å². The van der Waals surface area contributed by atoms with Crippen molar-refractivity contribution in [3.63, 3.8) is 0 Å². The molecule has 0 saturated heterocycles. The average molecular weight is 311 g/mol. The highest BCUT2D eigenvalue weighted by atomic mass is 16.4. The van der Waals surface area contributed by atoms with Crippen LogP contribution in [0.4, 0.5) is 4.79 Å². The van der Waals surface area contributed by atoms with E-state index in [1.165, 1.54) is 5.56 Å². The second-order valence-corrected chi connectivity index (χ2v) is 5.33. The predicted molar refractivity (Wildman–Crippen MR) is 90.3 cm³/mol. The highest BCUT2D eigenvalue weighted by Crippen LogP contribution is 2.19. The highest BCUT2D eigenvalue weighted by molar-refractivity contribution is 5.65. The lowest BCUT2D eigenvalue weighted by molar-refractivity contribution is 0.173. The molecule has 2 rings (SSSR count). The molecule has 4 heteroatoms. The Labute approximate surface area is 136 Å². The lowest BCUT2D eigenvalue weighted by Gasteiger charge is -2.19. The maximum atomic E-state index is 11.0. The van der Waals surface area contributed by atoms with Crippen LogP contribution in [0.3, 0.4) is 0 Å². The molecule has 1 amide bonds. The quantitative estimate of drug-likeness (QED) is 0.685. The molecule has 0 spiro atoms. The smallest absolute Gasteiger partial charge is 0.405 e. The standard InChI is InChI=1S/C19H21NO3/c21-17(13-7-10-15-8-3-1-4-9-15)14-18(20-19(22)23)16-11-5-2-6-12-16/h1-9,11-13,17-18,20-21H,10,14H2,(H,22,23)/b13-7+. The van der Waals surface area contributed by atoms with Gasteiger partial charge < -0.3 is 15.5 Å². The summed E-state index contributed by atoms with van der Waals surface area (Å²) in [6.07, 6.45) is 2.84. The summed E-state index contributed by atoms with van der Waals surface area (Å²) < 4.78 is 0. The zero-order chi connectivity index (χ0) is 16.5. The topological polar surface area (TPSA) is 69.6 Å². The van der Waals surface area contributed by atoms with Gasteiger partial charge in [0.1, 0.15) is 0 Å². The van der Waals surface area contributed by atoms with Crippen LogP contribution in [0, 0.1) is 0 Å². The summed E-state index contributed by atoms with van der Waals surface area (Å²) in [5, 5.41) is 21.6. The highest BCUT2D eigenvalue weighted by Gasteiger charge is 2.16. The minimum atomic E-state index is -1.10. The normalized spacial score (nSPS) is 13.6. The summed E-state index contributed by atoms with van der Waals surface area (Å²) in [4.78, 5) is 11.0. The SMILES string of the molecule is O=C(O)NC(CC(O)/C=C/Cc1ccccc1)c1ccccc1. The van der Waals surface area contributed by atoms with E-state index in [9.17, 15) is 9.90 Å². The van der Waals surface area contributed by atoms with E-state index in [1.807, 2.05) is 66.7 Å². The molecule has 23 heavy (non-hydrogen) atoms. The minimum absolute atomic E-state index is 0.293. The Morgan fingerprint density at radius 1 is 1.04 bits per heavy atom. The number of hydrogen-bond donors (Lipinski definition) is 3. The monoisotopic (exact) mass is 311 g/mol. The fourth-order valence-electron chi connectivity index (χ4n) is 2.41. The molecule has 0 radical (unpaired) electrons. The van der Waals surface area contributed by atoms with E-state index in [1.54, 1.807) is 6.08 Å². The molecule has 2 aromatic rings. The first-order valence-electron chi connectivity index (χ1n) is 7.58. The molecule has 0 fully saturated rings. The zero-order valence-electron chi connectivity index (χ0n) is 12.8. The van der Waals surface area contributed by atoms with Crippen LogP contribution < -0.4 is 5.32 Å². The Kier molecular flexibility index (Phi) is 6.39. The van der Waals surface area contributed by atoms with Gasteiger partial charge in [-0.2, -0.15) is 0 Å². The van der Waals surface area contributed by atoms with Crippen LogP contribution in [0.25, 0.3) is 0 Å². The summed E-state index contributed by atoms with van der Waals surface area (Å²) in [6.45, 7) is 0. The third-order valence-electron chi connectivity index (χ3n) is 3.53. The third kappa shape index (κ3) is 5.96. The van der Waals surface area contributed by atoms with E-state index >= 15 is 0 Å². The van der Waals surface area contributed by atoms with Gasteiger partial charge in [-0.05, 0) is 17.5 Å². The van der Waals surface area contributed by atoms with Crippen molar-refractivity contribution < 1.29 is 15.0 Å². The van der Waals surface area contributed by atoms with E-state index in [-0.39, 0.29) is 0 Å². The summed E-state index contributed by atoms with van der Waals surface area (Å²) >= 11 is 0. The van der Waals surface area contributed by atoms with Crippen molar-refractivity contribution in [2.75, 3.05) is 0 Å². The molecule has 0 aromatic heterocycles. The first-order chi connectivity index (χ1) is 11.1. The number of aliphatic hydroxyl groups excluding tert-OH is 1. The van der Waals surface area contributed by atoms with Crippen molar-refractivity contribution in [3.8, 4) is 0 Å². The third-order valence-corrected chi connectivity index (χ3v) is 3.53. The summed E-state index contributed by atoms with van der Waals surface area (Å²) in [7, 11) is 0. The lowest BCUT2D eigenvalue weighted by atomic mass is 10.00. The van der Waals surface area contributed by atoms with Crippen LogP contribution >= 0.6 is 0 Å². The Hall–Kier alpha value is -2.59. The van der Waals surface area contributed by atoms with Crippen LogP contribution in [0.15, 0.2) is 72.8 Å². The van der Waals surface area contributed by atoms with Crippen LogP contribution in [0.1, 0.15) is 23.6 Å². The van der Waals surface area contributed by atoms with Crippen molar-refractivity contribution >= 4 is 6.09 Å². The molecule has 2 atom stereocenters. The second kappa shape index (κ2) is 8.76. The molecule has 4 nitrogen and oxygen atoms in total. The van der Waals surface area contributed by atoms with Gasteiger partial charge in [0.05, 0.1) is 12.1 Å². The largest absolute Gasteiger partial charge is 0.465 e. The molecular weight excluding hydrogens is 290 g/mol. The molecule has 120 valence electrons. The van der Waals surface area contributed by atoms with Crippen molar-refractivity contribution in [3.05, 3.63) is 83.9 Å². The molecule has 0 aliphatic carbocycles. The lowest BCUT2D eigenvalue weighted by Crippen LogP contribution is -2.29. The van der Waals surface area contributed by atoms with E-state index in [0.717, 1.165) is 12.0 Å². The summed E-state index contributed by atoms with van der Waals surface area (Å²) in [5.41, 5.74) is 2.00. The number of aliphatic hydroxyl groups is 1. The van der Waals surface area contributed by atoms with Crippen molar-refractivity contribution in [1.82, 2.24) is 5.32 Å². The maximum absolute atomic E-state index is 11.0. The fourth-order valence-corrected chi connectivity index (χ4v) is 2.41. The van der Waals surface area contributed by atoms with Crippen LogP contribution in [-0.4, -0.2) is 22.4 Å². The number of hydrogen-bond acceptors (Lipinski definition) is 2. The van der Waals surface area contributed by atoms with E-state index in [4.69, 9.17) is 5.11 Å². The van der Waals surface area contributed by atoms with Gasteiger partial charge in [-0.3, -0.25) is 0 Å². The number of amides is 1. The molecule has 0 bridgehead atoms. The summed E-state index contributed by atoms with van der Waals surface area (Å²) in [5.74, 6) is 0. The Morgan fingerprint density at radius 2 is 1.65 bits per heavy atom. The Morgan fingerprint density at radius 3 is 2.26 bits per heavy atom. The maximum Gasteiger partial charge on any atom is 0.405 e. The van der Waals surface area contributed by atoms with Crippen molar-refractivity contribution in [1.29, 1.82) is 0 Å². The molecule has 3 N–H and O–H groups in total. The van der Waals surface area contributed by atoms with Gasteiger partial charge in [0.15, 0.2) is 0 Å². The molecule has 2 aromatic carbocycles. The number of allylic oxidation sites excluding steroid dienone is 1. The average Bonchev–Trinajstić information content (AvgIpc) is 2.56. The predicted octanol–water partition coefficient (Wildman–Crippen LogP) is 3.55. The molecule has 2 unspecified atom stereocenters. The van der Waals surface area contributed by atoms with Gasteiger partial charge in [-0.25, -0.2) is 4.79 Å². The first kappa shape index (κ1) is 16.8. The van der Waals surface area contributed by atoms with E-state index in [2.05, 4.69) is 5.32 Å². The first-order valence-corrected chi connectivity index (χ1v) is 7.58. The number of nitrogens with one attached hydrogen (secondary N) is 1. The van der Waals surface area contributed by atoms with Gasteiger partial charge in [-0.15, -0.1) is 0 Å². The number of benzene rings is 2.